The molecular formula is C24H32N4O3S. The Bertz CT molecular complexity index is 933. The molecule has 0 aliphatic carbocycles. The Labute approximate surface area is 194 Å². The number of ether oxygens (including phenoxy) is 1. The highest BCUT2D eigenvalue weighted by atomic mass is 32.2. The maximum Gasteiger partial charge on any atom is 0.308 e. The number of fused-ring (bicyclic) bond motifs is 2. The SMILES string of the molecule is CCOC(=O)C(C)CCC1CCN(CC(O)c2ccc3c(c2)Nc2nccnc2S3)CC1. The maximum atomic E-state index is 11.8. The van der Waals surface area contributed by atoms with Crippen molar-refractivity contribution in [3.05, 3.63) is 36.2 Å². The zero-order valence-corrected chi connectivity index (χ0v) is 19.6. The third-order valence-electron chi connectivity index (χ3n) is 6.35. The first-order valence-corrected chi connectivity index (χ1v) is 12.3. The predicted octanol–water partition coefficient (Wildman–Crippen LogP) is 4.41. The number of aliphatic hydroxyl groups excluding tert-OH is 1. The number of aromatic nitrogens is 2. The number of anilines is 2. The summed E-state index contributed by atoms with van der Waals surface area (Å²) in [5.41, 5.74) is 1.88. The molecule has 0 bridgehead atoms. The van der Waals surface area contributed by atoms with Crippen molar-refractivity contribution in [2.24, 2.45) is 11.8 Å². The number of rotatable bonds is 8. The standard InChI is InChI=1S/C24H32N4O3S/c1-3-31-24(30)16(2)4-5-17-8-12-28(13-9-17)15-20(29)18-6-7-21-19(14-18)27-22-23(32-21)26-11-10-25-22/h6-7,10-11,14,16-17,20,29H,3-5,8-9,12-13,15H2,1-2H3,(H,25,27). The van der Waals surface area contributed by atoms with Crippen molar-refractivity contribution in [1.82, 2.24) is 14.9 Å². The molecular weight excluding hydrogens is 424 g/mol. The normalized spacial score (nSPS) is 18.2. The minimum atomic E-state index is -0.532. The number of benzene rings is 1. The van der Waals surface area contributed by atoms with Gasteiger partial charge in [0.05, 0.1) is 24.3 Å². The van der Waals surface area contributed by atoms with E-state index >= 15 is 0 Å². The highest BCUT2D eigenvalue weighted by Gasteiger charge is 2.24. The molecule has 2 aromatic rings. The van der Waals surface area contributed by atoms with E-state index in [-0.39, 0.29) is 11.9 Å². The molecule has 0 amide bonds. The molecule has 2 atom stereocenters. The number of esters is 1. The smallest absolute Gasteiger partial charge is 0.308 e. The summed E-state index contributed by atoms with van der Waals surface area (Å²) in [4.78, 5) is 23.9. The van der Waals surface area contributed by atoms with Gasteiger partial charge < -0.3 is 20.1 Å². The number of carbonyl (C=O) groups excluding carboxylic acids is 1. The van der Waals surface area contributed by atoms with Crippen LogP contribution in [0.15, 0.2) is 40.5 Å². The van der Waals surface area contributed by atoms with Crippen molar-refractivity contribution in [1.29, 1.82) is 0 Å². The Morgan fingerprint density at radius 1 is 1.31 bits per heavy atom. The van der Waals surface area contributed by atoms with E-state index in [1.807, 2.05) is 32.0 Å². The van der Waals surface area contributed by atoms with Gasteiger partial charge in [0, 0.05) is 23.8 Å². The van der Waals surface area contributed by atoms with Crippen molar-refractivity contribution >= 4 is 29.2 Å². The van der Waals surface area contributed by atoms with Gasteiger partial charge in [-0.05, 0) is 69.3 Å². The van der Waals surface area contributed by atoms with E-state index in [0.29, 0.717) is 19.1 Å². The monoisotopic (exact) mass is 456 g/mol. The largest absolute Gasteiger partial charge is 0.466 e. The first-order valence-electron chi connectivity index (χ1n) is 11.5. The first-order chi connectivity index (χ1) is 15.5. The molecule has 4 rings (SSSR count). The van der Waals surface area contributed by atoms with Crippen molar-refractivity contribution < 1.29 is 14.6 Å². The summed E-state index contributed by atoms with van der Waals surface area (Å²) >= 11 is 1.59. The van der Waals surface area contributed by atoms with E-state index in [1.165, 1.54) is 0 Å². The molecule has 2 unspecified atom stereocenters. The van der Waals surface area contributed by atoms with E-state index in [9.17, 15) is 9.90 Å². The number of aliphatic hydroxyl groups is 1. The Morgan fingerprint density at radius 2 is 2.09 bits per heavy atom. The number of nitrogens with one attached hydrogen (secondary N) is 1. The van der Waals surface area contributed by atoms with Gasteiger partial charge in [-0.25, -0.2) is 9.97 Å². The van der Waals surface area contributed by atoms with Crippen molar-refractivity contribution in [2.75, 3.05) is 31.6 Å². The molecule has 1 saturated heterocycles. The fourth-order valence-electron chi connectivity index (χ4n) is 4.35. The van der Waals surface area contributed by atoms with Crippen LogP contribution in [0, 0.1) is 11.8 Å². The minimum Gasteiger partial charge on any atom is -0.466 e. The molecule has 2 N–H and O–H groups in total. The molecule has 1 aromatic heterocycles. The number of hydrogen-bond donors (Lipinski definition) is 2. The van der Waals surface area contributed by atoms with Crippen LogP contribution >= 0.6 is 11.8 Å². The molecule has 1 aromatic carbocycles. The number of piperidine rings is 1. The molecule has 0 spiro atoms. The lowest BCUT2D eigenvalue weighted by molar-refractivity contribution is -0.147. The molecule has 8 heteroatoms. The molecule has 7 nitrogen and oxygen atoms in total. The summed E-state index contributed by atoms with van der Waals surface area (Å²) in [5.74, 6) is 1.30. The Hall–Kier alpha value is -2.16. The number of β-amino-alcohol motifs (C(OH)–C–C–N with tert-alkyl or cyclic N) is 1. The minimum absolute atomic E-state index is 0.0245. The number of nitrogens with zero attached hydrogens (tertiary/aromatic N) is 3. The Kier molecular flexibility index (Phi) is 7.65. The quantitative estimate of drug-likeness (QED) is 0.482. The first kappa shape index (κ1) is 23.0. The summed E-state index contributed by atoms with van der Waals surface area (Å²) in [7, 11) is 0. The zero-order valence-electron chi connectivity index (χ0n) is 18.8. The van der Waals surface area contributed by atoms with E-state index in [4.69, 9.17) is 4.74 Å². The Morgan fingerprint density at radius 3 is 2.88 bits per heavy atom. The third-order valence-corrected chi connectivity index (χ3v) is 7.42. The summed E-state index contributed by atoms with van der Waals surface area (Å²) in [6.45, 7) is 6.86. The average Bonchev–Trinajstić information content (AvgIpc) is 2.81. The molecule has 3 heterocycles. The second-order valence-electron chi connectivity index (χ2n) is 8.68. The molecule has 1 fully saturated rings. The van der Waals surface area contributed by atoms with Crippen LogP contribution < -0.4 is 5.32 Å². The molecule has 0 radical (unpaired) electrons. The molecule has 2 aliphatic heterocycles. The topological polar surface area (TPSA) is 87.6 Å². The van der Waals surface area contributed by atoms with Crippen LogP contribution in [0.5, 0.6) is 0 Å². The number of likely N-dealkylation sites (tertiary alicyclic amines) is 1. The van der Waals surface area contributed by atoms with Gasteiger partial charge in [0.25, 0.3) is 0 Å². The van der Waals surface area contributed by atoms with Gasteiger partial charge >= 0.3 is 5.97 Å². The van der Waals surface area contributed by atoms with E-state index in [1.54, 1.807) is 24.2 Å². The predicted molar refractivity (Wildman–Crippen MR) is 125 cm³/mol. The van der Waals surface area contributed by atoms with Crippen molar-refractivity contribution in [3.63, 3.8) is 0 Å². The summed E-state index contributed by atoms with van der Waals surface area (Å²) in [6.07, 6.45) is 7.02. The lowest BCUT2D eigenvalue weighted by Crippen LogP contribution is -2.36. The van der Waals surface area contributed by atoms with Crippen LogP contribution in [-0.2, 0) is 9.53 Å². The fourth-order valence-corrected chi connectivity index (χ4v) is 5.23. The van der Waals surface area contributed by atoms with E-state index in [0.717, 1.165) is 65.8 Å². The van der Waals surface area contributed by atoms with Crippen LogP contribution in [0.1, 0.15) is 51.2 Å². The van der Waals surface area contributed by atoms with Crippen LogP contribution in [-0.4, -0.2) is 52.2 Å². The van der Waals surface area contributed by atoms with Crippen LogP contribution in [0.2, 0.25) is 0 Å². The van der Waals surface area contributed by atoms with Gasteiger partial charge in [0.1, 0.15) is 5.03 Å². The summed E-state index contributed by atoms with van der Waals surface area (Å²) in [5, 5.41) is 15.1. The zero-order chi connectivity index (χ0) is 22.5. The van der Waals surface area contributed by atoms with Crippen LogP contribution in [0.3, 0.4) is 0 Å². The second-order valence-corrected chi connectivity index (χ2v) is 9.71. The van der Waals surface area contributed by atoms with Gasteiger partial charge in [0.15, 0.2) is 5.82 Å². The van der Waals surface area contributed by atoms with E-state index < -0.39 is 6.10 Å². The summed E-state index contributed by atoms with van der Waals surface area (Å²) < 4.78 is 5.11. The molecule has 2 aliphatic rings. The van der Waals surface area contributed by atoms with Crippen LogP contribution in [0.4, 0.5) is 11.5 Å². The van der Waals surface area contributed by atoms with Gasteiger partial charge in [-0.2, -0.15) is 0 Å². The highest BCUT2D eigenvalue weighted by molar-refractivity contribution is 7.99. The van der Waals surface area contributed by atoms with Gasteiger partial charge in [-0.1, -0.05) is 24.8 Å². The van der Waals surface area contributed by atoms with Crippen molar-refractivity contribution in [3.8, 4) is 0 Å². The maximum absolute atomic E-state index is 11.8. The van der Waals surface area contributed by atoms with Gasteiger partial charge in [-0.3, -0.25) is 4.79 Å². The van der Waals surface area contributed by atoms with Gasteiger partial charge in [0.2, 0.25) is 0 Å². The van der Waals surface area contributed by atoms with E-state index in [2.05, 4.69) is 20.2 Å². The van der Waals surface area contributed by atoms with Crippen molar-refractivity contribution in [2.45, 2.75) is 55.6 Å². The van der Waals surface area contributed by atoms with Crippen LogP contribution in [0.25, 0.3) is 0 Å². The Balaban J connectivity index is 1.25. The van der Waals surface area contributed by atoms with Gasteiger partial charge in [-0.15, -0.1) is 0 Å². The fraction of sp³-hybridized carbons (Fsp3) is 0.542. The molecule has 32 heavy (non-hydrogen) atoms. The molecule has 0 saturated carbocycles. The number of hydrogen-bond acceptors (Lipinski definition) is 8. The second kappa shape index (κ2) is 10.6. The lowest BCUT2D eigenvalue weighted by atomic mass is 9.89. The summed E-state index contributed by atoms with van der Waals surface area (Å²) in [6, 6.07) is 6.07. The number of carbonyl (C=O) groups is 1. The highest BCUT2D eigenvalue weighted by Crippen LogP contribution is 2.42. The third kappa shape index (κ3) is 5.60. The average molecular weight is 457 g/mol. The molecule has 172 valence electrons. The lowest BCUT2D eigenvalue weighted by Gasteiger charge is -2.33.